The number of carbonyl (C=O) groups is 1. The highest BCUT2D eigenvalue weighted by molar-refractivity contribution is 7.22. The van der Waals surface area contributed by atoms with E-state index in [-0.39, 0.29) is 5.91 Å². The van der Waals surface area contributed by atoms with Gasteiger partial charge in [-0.15, -0.1) is 0 Å². The number of thiazole rings is 1. The fraction of sp³-hybridized carbons (Fsp3) is 0.357. The molecule has 0 radical (unpaired) electrons. The van der Waals surface area contributed by atoms with E-state index in [1.165, 1.54) is 11.3 Å². The molecule has 0 aliphatic heterocycles. The molecule has 104 valence electrons. The highest BCUT2D eigenvalue weighted by Gasteiger charge is 2.28. The van der Waals surface area contributed by atoms with Gasteiger partial charge < -0.3 is 10.1 Å². The standard InChI is InChI=1S/C14H15N3O2S/c1-4-19-9-5-6-10-11(7-9)20-13(16-10)17-12(18)14(2,3)8-15/h5-7H,4H2,1-3H3,(H,16,17,18). The lowest BCUT2D eigenvalue weighted by Gasteiger charge is -2.12. The first-order valence-electron chi connectivity index (χ1n) is 6.22. The normalized spacial score (nSPS) is 11.1. The topological polar surface area (TPSA) is 75.0 Å². The van der Waals surface area contributed by atoms with Crippen LogP contribution in [0.2, 0.25) is 0 Å². The Morgan fingerprint density at radius 1 is 1.55 bits per heavy atom. The number of hydrogen-bond acceptors (Lipinski definition) is 5. The molecule has 0 aliphatic rings. The molecule has 0 saturated carbocycles. The first kappa shape index (κ1) is 14.3. The predicted molar refractivity (Wildman–Crippen MR) is 78.8 cm³/mol. The third-order valence-corrected chi connectivity index (χ3v) is 3.67. The minimum absolute atomic E-state index is 0.357. The van der Waals surface area contributed by atoms with Crippen LogP contribution in [0.4, 0.5) is 5.13 Å². The minimum Gasteiger partial charge on any atom is -0.494 e. The molecule has 0 bridgehead atoms. The fourth-order valence-electron chi connectivity index (χ4n) is 1.52. The average molecular weight is 289 g/mol. The molecule has 1 aromatic carbocycles. The predicted octanol–water partition coefficient (Wildman–Crippen LogP) is 3.18. The second kappa shape index (κ2) is 5.47. The molecule has 2 rings (SSSR count). The SMILES string of the molecule is CCOc1ccc2nc(NC(=O)C(C)(C)C#N)sc2c1. The van der Waals surface area contributed by atoms with Gasteiger partial charge in [0.2, 0.25) is 5.91 Å². The van der Waals surface area contributed by atoms with Crippen molar-refractivity contribution < 1.29 is 9.53 Å². The molecule has 0 unspecified atom stereocenters. The first-order valence-corrected chi connectivity index (χ1v) is 7.04. The van der Waals surface area contributed by atoms with Crippen molar-refractivity contribution in [2.24, 2.45) is 5.41 Å². The maximum Gasteiger partial charge on any atom is 0.246 e. The Balaban J connectivity index is 2.24. The van der Waals surface area contributed by atoms with Crippen LogP contribution in [-0.2, 0) is 4.79 Å². The number of nitrogens with zero attached hydrogens (tertiary/aromatic N) is 2. The van der Waals surface area contributed by atoms with Crippen molar-refractivity contribution in [2.75, 3.05) is 11.9 Å². The maximum absolute atomic E-state index is 11.9. The van der Waals surface area contributed by atoms with Crippen molar-refractivity contribution in [3.63, 3.8) is 0 Å². The van der Waals surface area contributed by atoms with E-state index in [9.17, 15) is 4.79 Å². The van der Waals surface area contributed by atoms with Crippen LogP contribution in [0.1, 0.15) is 20.8 Å². The Kier molecular flexibility index (Phi) is 3.91. The number of anilines is 1. The van der Waals surface area contributed by atoms with E-state index in [1.807, 2.05) is 31.2 Å². The van der Waals surface area contributed by atoms with Gasteiger partial charge in [0.1, 0.15) is 11.2 Å². The zero-order valence-corrected chi connectivity index (χ0v) is 12.4. The fourth-order valence-corrected chi connectivity index (χ4v) is 2.41. The molecule has 1 aromatic heterocycles. The largest absolute Gasteiger partial charge is 0.494 e. The molecule has 1 amide bonds. The number of fused-ring (bicyclic) bond motifs is 1. The molecule has 0 atom stereocenters. The highest BCUT2D eigenvalue weighted by Crippen LogP contribution is 2.30. The van der Waals surface area contributed by atoms with Gasteiger partial charge in [0, 0.05) is 0 Å². The van der Waals surface area contributed by atoms with Crippen LogP contribution in [0, 0.1) is 16.7 Å². The number of nitrogens with one attached hydrogen (secondary N) is 1. The van der Waals surface area contributed by atoms with E-state index in [2.05, 4.69) is 10.3 Å². The van der Waals surface area contributed by atoms with Gasteiger partial charge in [-0.1, -0.05) is 11.3 Å². The van der Waals surface area contributed by atoms with Gasteiger partial charge in [-0.3, -0.25) is 4.79 Å². The summed E-state index contributed by atoms with van der Waals surface area (Å²) in [5.41, 5.74) is -0.280. The van der Waals surface area contributed by atoms with Gasteiger partial charge in [-0.05, 0) is 39.0 Å². The van der Waals surface area contributed by atoms with Gasteiger partial charge in [-0.2, -0.15) is 5.26 Å². The van der Waals surface area contributed by atoms with Crippen molar-refractivity contribution in [1.29, 1.82) is 5.26 Å². The number of benzene rings is 1. The monoisotopic (exact) mass is 289 g/mol. The van der Waals surface area contributed by atoms with Crippen LogP contribution in [0.25, 0.3) is 10.2 Å². The summed E-state index contributed by atoms with van der Waals surface area (Å²) in [5.74, 6) is 0.419. The number of rotatable bonds is 4. The number of aromatic nitrogens is 1. The summed E-state index contributed by atoms with van der Waals surface area (Å²) in [4.78, 5) is 16.2. The van der Waals surface area contributed by atoms with Crippen molar-refractivity contribution in [3.05, 3.63) is 18.2 Å². The van der Waals surface area contributed by atoms with Gasteiger partial charge in [0.15, 0.2) is 5.13 Å². The molecule has 1 heterocycles. The van der Waals surface area contributed by atoms with Crippen LogP contribution in [-0.4, -0.2) is 17.5 Å². The molecule has 6 heteroatoms. The van der Waals surface area contributed by atoms with Crippen LogP contribution in [0.15, 0.2) is 18.2 Å². The van der Waals surface area contributed by atoms with Crippen molar-refractivity contribution >= 4 is 32.6 Å². The Morgan fingerprint density at radius 2 is 2.30 bits per heavy atom. The van der Waals surface area contributed by atoms with E-state index in [1.54, 1.807) is 13.8 Å². The number of carbonyl (C=O) groups excluding carboxylic acids is 1. The zero-order chi connectivity index (χ0) is 14.8. The summed E-state index contributed by atoms with van der Waals surface area (Å²) >= 11 is 1.36. The summed E-state index contributed by atoms with van der Waals surface area (Å²) in [6, 6.07) is 7.55. The van der Waals surface area contributed by atoms with E-state index >= 15 is 0 Å². The molecule has 0 saturated heterocycles. The average Bonchev–Trinajstić information content (AvgIpc) is 2.80. The third-order valence-electron chi connectivity index (χ3n) is 2.74. The van der Waals surface area contributed by atoms with Crippen LogP contribution < -0.4 is 10.1 Å². The summed E-state index contributed by atoms with van der Waals surface area (Å²) in [6.45, 7) is 5.67. The Bertz CT molecular complexity index is 685. The third kappa shape index (κ3) is 2.89. The lowest BCUT2D eigenvalue weighted by Crippen LogP contribution is -2.29. The summed E-state index contributed by atoms with van der Waals surface area (Å²) < 4.78 is 6.36. The van der Waals surface area contributed by atoms with Gasteiger partial charge >= 0.3 is 0 Å². The Hall–Kier alpha value is -2.13. The van der Waals surface area contributed by atoms with Gasteiger partial charge in [0.05, 0.1) is 22.9 Å². The molecule has 20 heavy (non-hydrogen) atoms. The van der Waals surface area contributed by atoms with E-state index in [4.69, 9.17) is 10.00 Å². The molecule has 1 N–H and O–H groups in total. The van der Waals surface area contributed by atoms with Gasteiger partial charge in [-0.25, -0.2) is 4.98 Å². The van der Waals surface area contributed by atoms with E-state index in [0.29, 0.717) is 11.7 Å². The lowest BCUT2D eigenvalue weighted by molar-refractivity contribution is -0.121. The summed E-state index contributed by atoms with van der Waals surface area (Å²) in [7, 11) is 0. The van der Waals surface area contributed by atoms with E-state index < -0.39 is 5.41 Å². The number of hydrogen-bond donors (Lipinski definition) is 1. The molecule has 5 nitrogen and oxygen atoms in total. The first-order chi connectivity index (χ1) is 9.46. The van der Waals surface area contributed by atoms with Crippen LogP contribution in [0.3, 0.4) is 0 Å². The molecular formula is C14H15N3O2S. The maximum atomic E-state index is 11.9. The second-order valence-electron chi connectivity index (χ2n) is 4.77. The second-order valence-corrected chi connectivity index (χ2v) is 5.80. The quantitative estimate of drug-likeness (QED) is 0.938. The summed E-state index contributed by atoms with van der Waals surface area (Å²) in [5, 5.41) is 12.1. The molecule has 0 spiro atoms. The van der Waals surface area contributed by atoms with Crippen LogP contribution >= 0.6 is 11.3 Å². The van der Waals surface area contributed by atoms with Crippen molar-refractivity contribution in [2.45, 2.75) is 20.8 Å². The van der Waals surface area contributed by atoms with Crippen molar-refractivity contribution in [3.8, 4) is 11.8 Å². The van der Waals surface area contributed by atoms with Crippen molar-refractivity contribution in [1.82, 2.24) is 4.98 Å². The van der Waals surface area contributed by atoms with E-state index in [0.717, 1.165) is 16.0 Å². The smallest absolute Gasteiger partial charge is 0.246 e. The summed E-state index contributed by atoms with van der Waals surface area (Å²) in [6.07, 6.45) is 0. The van der Waals surface area contributed by atoms with Gasteiger partial charge in [0.25, 0.3) is 0 Å². The highest BCUT2D eigenvalue weighted by atomic mass is 32.1. The minimum atomic E-state index is -1.08. The Labute approximate surface area is 121 Å². The molecule has 0 fully saturated rings. The van der Waals surface area contributed by atoms with Crippen LogP contribution in [0.5, 0.6) is 5.75 Å². The number of nitriles is 1. The Morgan fingerprint density at radius 3 is 2.95 bits per heavy atom. The zero-order valence-electron chi connectivity index (χ0n) is 11.6. The lowest BCUT2D eigenvalue weighted by atomic mass is 9.95. The molecular weight excluding hydrogens is 274 g/mol. The number of amides is 1. The number of ether oxygens (including phenoxy) is 1. The molecule has 2 aromatic rings. The molecule has 0 aliphatic carbocycles.